The smallest absolute Gasteiger partial charge is 0.335 e. The van der Waals surface area contributed by atoms with E-state index in [-0.39, 0.29) is 17.2 Å². The maximum Gasteiger partial charge on any atom is 0.335 e. The molecule has 2 aromatic rings. The third-order valence-electron chi connectivity index (χ3n) is 3.18. The highest BCUT2D eigenvalue weighted by Gasteiger charge is 2.11. The van der Waals surface area contributed by atoms with E-state index in [0.29, 0.717) is 22.4 Å². The first-order valence-electron chi connectivity index (χ1n) is 6.33. The van der Waals surface area contributed by atoms with Crippen molar-refractivity contribution in [2.24, 2.45) is 0 Å². The van der Waals surface area contributed by atoms with E-state index in [2.05, 4.69) is 5.32 Å². The van der Waals surface area contributed by atoms with Crippen molar-refractivity contribution in [1.82, 2.24) is 0 Å². The summed E-state index contributed by atoms with van der Waals surface area (Å²) >= 11 is 0. The Bertz CT molecular complexity index is 722. The number of carboxylic acids is 1. The van der Waals surface area contributed by atoms with Gasteiger partial charge in [0.2, 0.25) is 0 Å². The van der Waals surface area contributed by atoms with Gasteiger partial charge < -0.3 is 15.5 Å². The molecular formula is C16H15NO4. The fourth-order valence-electron chi connectivity index (χ4n) is 1.93. The molecule has 0 fully saturated rings. The standard InChI is InChI=1S/C16H15NO4/c1-9-7-12(16(20)21)3-5-13(9)17-15(19)11-4-6-14(18)10(2)8-11/h3-8,18H,1-2H3,(H,17,19)(H,20,21). The van der Waals surface area contributed by atoms with E-state index >= 15 is 0 Å². The Labute approximate surface area is 121 Å². The Morgan fingerprint density at radius 3 is 2.14 bits per heavy atom. The molecule has 0 bridgehead atoms. The Morgan fingerprint density at radius 2 is 1.57 bits per heavy atom. The van der Waals surface area contributed by atoms with Crippen molar-refractivity contribution in [3.05, 3.63) is 58.7 Å². The minimum absolute atomic E-state index is 0.133. The first kappa shape index (κ1) is 14.6. The van der Waals surface area contributed by atoms with Crippen LogP contribution in [0.25, 0.3) is 0 Å². The van der Waals surface area contributed by atoms with Crippen molar-refractivity contribution < 1.29 is 19.8 Å². The zero-order valence-electron chi connectivity index (χ0n) is 11.7. The normalized spacial score (nSPS) is 10.2. The third kappa shape index (κ3) is 3.20. The number of rotatable bonds is 3. The van der Waals surface area contributed by atoms with Crippen LogP contribution >= 0.6 is 0 Å². The molecule has 5 heteroatoms. The molecule has 1 amide bonds. The van der Waals surface area contributed by atoms with Crippen molar-refractivity contribution in [2.45, 2.75) is 13.8 Å². The fourth-order valence-corrected chi connectivity index (χ4v) is 1.93. The summed E-state index contributed by atoms with van der Waals surface area (Å²) in [4.78, 5) is 23.0. The van der Waals surface area contributed by atoms with Crippen LogP contribution in [0.2, 0.25) is 0 Å². The molecule has 0 atom stereocenters. The SMILES string of the molecule is Cc1cc(C(=O)Nc2ccc(C(=O)O)cc2C)ccc1O. The van der Waals surface area contributed by atoms with Gasteiger partial charge in [-0.2, -0.15) is 0 Å². The summed E-state index contributed by atoms with van der Waals surface area (Å²) in [7, 11) is 0. The molecular weight excluding hydrogens is 270 g/mol. The number of aromatic hydroxyl groups is 1. The monoisotopic (exact) mass is 285 g/mol. The van der Waals surface area contributed by atoms with Gasteiger partial charge in [0.05, 0.1) is 5.56 Å². The van der Waals surface area contributed by atoms with E-state index in [1.165, 1.54) is 24.3 Å². The molecule has 0 aliphatic heterocycles. The van der Waals surface area contributed by atoms with Crippen molar-refractivity contribution in [3.8, 4) is 5.75 Å². The predicted octanol–water partition coefficient (Wildman–Crippen LogP) is 2.96. The van der Waals surface area contributed by atoms with Gasteiger partial charge in [0.15, 0.2) is 0 Å². The van der Waals surface area contributed by atoms with E-state index in [9.17, 15) is 14.7 Å². The zero-order valence-corrected chi connectivity index (χ0v) is 11.7. The molecule has 0 saturated carbocycles. The molecule has 0 heterocycles. The van der Waals surface area contributed by atoms with Gasteiger partial charge in [-0.05, 0) is 61.4 Å². The number of nitrogens with one attached hydrogen (secondary N) is 1. The summed E-state index contributed by atoms with van der Waals surface area (Å²) in [5.74, 6) is -1.19. The highest BCUT2D eigenvalue weighted by molar-refractivity contribution is 6.05. The molecule has 21 heavy (non-hydrogen) atoms. The first-order chi connectivity index (χ1) is 9.88. The molecule has 108 valence electrons. The van der Waals surface area contributed by atoms with Gasteiger partial charge in [0.1, 0.15) is 5.75 Å². The number of phenolic OH excluding ortho intramolecular Hbond substituents is 1. The number of aromatic carboxylic acids is 1. The van der Waals surface area contributed by atoms with Gasteiger partial charge in [-0.3, -0.25) is 4.79 Å². The average Bonchev–Trinajstić information content (AvgIpc) is 2.43. The molecule has 0 unspecified atom stereocenters. The van der Waals surface area contributed by atoms with E-state index in [4.69, 9.17) is 5.11 Å². The van der Waals surface area contributed by atoms with Gasteiger partial charge in [-0.1, -0.05) is 0 Å². The van der Waals surface area contributed by atoms with Crippen molar-refractivity contribution in [2.75, 3.05) is 5.32 Å². The third-order valence-corrected chi connectivity index (χ3v) is 3.18. The quantitative estimate of drug-likeness (QED) is 0.809. The van der Waals surface area contributed by atoms with Crippen molar-refractivity contribution in [1.29, 1.82) is 0 Å². The first-order valence-corrected chi connectivity index (χ1v) is 6.33. The van der Waals surface area contributed by atoms with Crippen LogP contribution in [-0.4, -0.2) is 22.1 Å². The molecule has 5 nitrogen and oxygen atoms in total. The number of hydrogen-bond donors (Lipinski definition) is 3. The minimum atomic E-state index is -1.01. The topological polar surface area (TPSA) is 86.6 Å². The molecule has 2 rings (SSSR count). The number of carbonyl (C=O) groups excluding carboxylic acids is 1. The number of hydrogen-bond acceptors (Lipinski definition) is 3. The maximum absolute atomic E-state index is 12.1. The second-order valence-electron chi connectivity index (χ2n) is 4.79. The molecule has 0 saturated heterocycles. The number of phenols is 1. The molecule has 0 radical (unpaired) electrons. The summed E-state index contributed by atoms with van der Waals surface area (Å²) in [5.41, 5.74) is 2.42. The van der Waals surface area contributed by atoms with Crippen molar-refractivity contribution >= 4 is 17.6 Å². The number of carboxylic acid groups (broad SMARTS) is 1. The maximum atomic E-state index is 12.1. The second-order valence-corrected chi connectivity index (χ2v) is 4.79. The lowest BCUT2D eigenvalue weighted by Gasteiger charge is -2.10. The minimum Gasteiger partial charge on any atom is -0.508 e. The van der Waals surface area contributed by atoms with Gasteiger partial charge in [-0.25, -0.2) is 4.79 Å². The fraction of sp³-hybridized carbons (Fsp3) is 0.125. The average molecular weight is 285 g/mol. The van der Waals surface area contributed by atoms with E-state index < -0.39 is 5.97 Å². The molecule has 3 N–H and O–H groups in total. The second kappa shape index (κ2) is 5.66. The lowest BCUT2D eigenvalue weighted by atomic mass is 10.1. The van der Waals surface area contributed by atoms with Crippen LogP contribution in [0.4, 0.5) is 5.69 Å². The van der Waals surface area contributed by atoms with Gasteiger partial charge in [0.25, 0.3) is 5.91 Å². The van der Waals surface area contributed by atoms with Gasteiger partial charge >= 0.3 is 5.97 Å². The van der Waals surface area contributed by atoms with Crippen LogP contribution in [0.5, 0.6) is 5.75 Å². The van der Waals surface area contributed by atoms with E-state index in [1.54, 1.807) is 26.0 Å². The Balaban J connectivity index is 2.23. The largest absolute Gasteiger partial charge is 0.508 e. The van der Waals surface area contributed by atoms with Gasteiger partial charge in [-0.15, -0.1) is 0 Å². The summed E-state index contributed by atoms with van der Waals surface area (Å²) in [6.07, 6.45) is 0. The van der Waals surface area contributed by atoms with E-state index in [0.717, 1.165) is 0 Å². The summed E-state index contributed by atoms with van der Waals surface area (Å²) in [5, 5.41) is 21.1. The van der Waals surface area contributed by atoms with Gasteiger partial charge in [0, 0.05) is 11.3 Å². The van der Waals surface area contributed by atoms with Crippen LogP contribution in [0, 0.1) is 13.8 Å². The van der Waals surface area contributed by atoms with Crippen molar-refractivity contribution in [3.63, 3.8) is 0 Å². The molecule has 0 aromatic heterocycles. The number of amides is 1. The lowest BCUT2D eigenvalue weighted by molar-refractivity contribution is 0.0696. The highest BCUT2D eigenvalue weighted by Crippen LogP contribution is 2.20. The lowest BCUT2D eigenvalue weighted by Crippen LogP contribution is -2.13. The Kier molecular flexibility index (Phi) is 3.93. The highest BCUT2D eigenvalue weighted by atomic mass is 16.4. The number of benzene rings is 2. The summed E-state index contributed by atoms with van der Waals surface area (Å²) in [6.45, 7) is 3.43. The number of carbonyl (C=O) groups is 2. The Morgan fingerprint density at radius 1 is 0.952 bits per heavy atom. The van der Waals surface area contributed by atoms with Crippen LogP contribution in [0.1, 0.15) is 31.8 Å². The predicted molar refractivity (Wildman–Crippen MR) is 78.9 cm³/mol. The molecule has 0 spiro atoms. The van der Waals surface area contributed by atoms with Crippen LogP contribution in [0.15, 0.2) is 36.4 Å². The van der Waals surface area contributed by atoms with E-state index in [1.807, 2.05) is 0 Å². The number of aryl methyl sites for hydroxylation is 2. The molecule has 0 aliphatic rings. The summed E-state index contributed by atoms with van der Waals surface area (Å²) < 4.78 is 0. The number of anilines is 1. The summed E-state index contributed by atoms with van der Waals surface area (Å²) in [6, 6.07) is 9.08. The zero-order chi connectivity index (χ0) is 15.6. The van der Waals surface area contributed by atoms with Crippen LogP contribution in [-0.2, 0) is 0 Å². The van der Waals surface area contributed by atoms with Crippen LogP contribution < -0.4 is 5.32 Å². The van der Waals surface area contributed by atoms with Crippen LogP contribution in [0.3, 0.4) is 0 Å². The molecule has 2 aromatic carbocycles. The molecule has 0 aliphatic carbocycles. The Hall–Kier alpha value is -2.82.